The van der Waals surface area contributed by atoms with Gasteiger partial charge in [0.25, 0.3) is 5.91 Å². The molecule has 0 fully saturated rings. The number of rotatable bonds is 6. The Bertz CT molecular complexity index is 1130. The zero-order valence-corrected chi connectivity index (χ0v) is 18.6. The van der Waals surface area contributed by atoms with E-state index < -0.39 is 0 Å². The first kappa shape index (κ1) is 20.3. The first-order valence-electron chi connectivity index (χ1n) is 9.58. The molecule has 2 N–H and O–H groups in total. The number of amides is 1. The van der Waals surface area contributed by atoms with Gasteiger partial charge < -0.3 is 10.6 Å². The van der Waals surface area contributed by atoms with Gasteiger partial charge in [0, 0.05) is 32.3 Å². The van der Waals surface area contributed by atoms with E-state index in [1.54, 1.807) is 22.7 Å². The van der Waals surface area contributed by atoms with Crippen LogP contribution in [-0.2, 0) is 0 Å². The number of hydrogen-bond donors (Lipinski definition) is 2. The van der Waals surface area contributed by atoms with Crippen LogP contribution in [-0.4, -0.2) is 15.9 Å². The van der Waals surface area contributed by atoms with Gasteiger partial charge in [0.05, 0.1) is 6.04 Å². The van der Waals surface area contributed by atoms with Gasteiger partial charge in [-0.3, -0.25) is 4.79 Å². The third-order valence-electron chi connectivity index (χ3n) is 4.54. The summed E-state index contributed by atoms with van der Waals surface area (Å²) >= 11 is 3.23. The molecule has 0 saturated heterocycles. The Labute approximate surface area is 183 Å². The Hall–Kier alpha value is -3.03. The van der Waals surface area contributed by atoms with Crippen LogP contribution in [0.15, 0.2) is 60.0 Å². The molecule has 1 aromatic carbocycles. The standard InChI is InChI=1S/C23H22N4OS2/c1-14-12-15(2)25-23(24-14)26-20(19-10-7-11-29-19)18-13-16(3)30-22(18)27-21(28)17-8-5-4-6-9-17/h4-13,20H,1-3H3,(H,27,28)(H,24,25,26). The van der Waals surface area contributed by atoms with E-state index in [1.165, 1.54) is 0 Å². The Morgan fingerprint density at radius 3 is 2.37 bits per heavy atom. The minimum Gasteiger partial charge on any atom is -0.342 e. The van der Waals surface area contributed by atoms with E-state index in [1.807, 2.05) is 68.6 Å². The molecule has 1 amide bonds. The van der Waals surface area contributed by atoms with E-state index in [2.05, 4.69) is 32.7 Å². The van der Waals surface area contributed by atoms with E-state index >= 15 is 0 Å². The zero-order valence-electron chi connectivity index (χ0n) is 17.0. The number of nitrogens with one attached hydrogen (secondary N) is 2. The highest BCUT2D eigenvalue weighted by Gasteiger charge is 2.23. The summed E-state index contributed by atoms with van der Waals surface area (Å²) < 4.78 is 0. The average Bonchev–Trinajstić information content (AvgIpc) is 3.36. The summed E-state index contributed by atoms with van der Waals surface area (Å²) in [6, 6.07) is 17.3. The van der Waals surface area contributed by atoms with E-state index in [0.717, 1.165) is 31.7 Å². The van der Waals surface area contributed by atoms with E-state index in [-0.39, 0.29) is 11.9 Å². The molecule has 3 heterocycles. The highest BCUT2D eigenvalue weighted by Crippen LogP contribution is 2.38. The van der Waals surface area contributed by atoms with Crippen molar-refractivity contribution in [3.05, 3.63) is 92.2 Å². The van der Waals surface area contributed by atoms with Crippen LogP contribution in [0.5, 0.6) is 0 Å². The van der Waals surface area contributed by atoms with Crippen molar-refractivity contribution in [2.24, 2.45) is 0 Å². The summed E-state index contributed by atoms with van der Waals surface area (Å²) in [6.07, 6.45) is 0. The fourth-order valence-electron chi connectivity index (χ4n) is 3.29. The third kappa shape index (κ3) is 4.58. The van der Waals surface area contributed by atoms with Crippen LogP contribution in [0.1, 0.15) is 43.1 Å². The quantitative estimate of drug-likeness (QED) is 0.392. The first-order valence-corrected chi connectivity index (χ1v) is 11.3. The van der Waals surface area contributed by atoms with Crippen molar-refractivity contribution in [3.8, 4) is 0 Å². The summed E-state index contributed by atoms with van der Waals surface area (Å²) in [6.45, 7) is 5.96. The lowest BCUT2D eigenvalue weighted by atomic mass is 10.1. The van der Waals surface area contributed by atoms with Gasteiger partial charge >= 0.3 is 0 Å². The number of aromatic nitrogens is 2. The van der Waals surface area contributed by atoms with Gasteiger partial charge in [-0.15, -0.1) is 22.7 Å². The molecule has 0 aliphatic rings. The number of hydrogen-bond acceptors (Lipinski definition) is 6. The Kier molecular flexibility index (Phi) is 5.92. The molecule has 1 unspecified atom stereocenters. The second-order valence-corrected chi connectivity index (χ2v) is 9.26. The summed E-state index contributed by atoms with van der Waals surface area (Å²) in [5, 5.41) is 9.47. The molecule has 0 spiro atoms. The number of thiophene rings is 2. The smallest absolute Gasteiger partial charge is 0.256 e. The van der Waals surface area contributed by atoms with Crippen LogP contribution in [0.2, 0.25) is 0 Å². The number of aryl methyl sites for hydroxylation is 3. The molecule has 0 aliphatic heterocycles. The van der Waals surface area contributed by atoms with Crippen LogP contribution < -0.4 is 10.6 Å². The lowest BCUT2D eigenvalue weighted by molar-refractivity contribution is 0.102. The highest BCUT2D eigenvalue weighted by atomic mass is 32.1. The fraction of sp³-hybridized carbons (Fsp3) is 0.174. The van der Waals surface area contributed by atoms with Gasteiger partial charge in [0.1, 0.15) is 5.00 Å². The molecule has 0 saturated carbocycles. The maximum absolute atomic E-state index is 12.8. The number of benzene rings is 1. The average molecular weight is 435 g/mol. The summed E-state index contributed by atoms with van der Waals surface area (Å²) in [7, 11) is 0. The molecule has 4 aromatic rings. The predicted octanol–water partition coefficient (Wildman–Crippen LogP) is 5.98. The lowest BCUT2D eigenvalue weighted by Crippen LogP contribution is -2.17. The molecular weight excluding hydrogens is 412 g/mol. The molecule has 7 heteroatoms. The van der Waals surface area contributed by atoms with Crippen molar-refractivity contribution in [2.75, 3.05) is 10.6 Å². The highest BCUT2D eigenvalue weighted by molar-refractivity contribution is 7.16. The topological polar surface area (TPSA) is 66.9 Å². The zero-order chi connectivity index (χ0) is 21.1. The molecule has 152 valence electrons. The van der Waals surface area contributed by atoms with Crippen LogP contribution in [0.3, 0.4) is 0 Å². The van der Waals surface area contributed by atoms with Crippen molar-refractivity contribution in [1.29, 1.82) is 0 Å². The van der Waals surface area contributed by atoms with E-state index in [4.69, 9.17) is 0 Å². The number of carbonyl (C=O) groups is 1. The molecule has 30 heavy (non-hydrogen) atoms. The molecule has 0 radical (unpaired) electrons. The van der Waals surface area contributed by atoms with Gasteiger partial charge in [-0.2, -0.15) is 0 Å². The summed E-state index contributed by atoms with van der Waals surface area (Å²) in [5.74, 6) is 0.460. The van der Waals surface area contributed by atoms with Gasteiger partial charge in [0.2, 0.25) is 5.95 Å². The van der Waals surface area contributed by atoms with Crippen LogP contribution in [0.25, 0.3) is 0 Å². The van der Waals surface area contributed by atoms with Crippen LogP contribution in [0, 0.1) is 20.8 Å². The summed E-state index contributed by atoms with van der Waals surface area (Å²) in [5.41, 5.74) is 3.46. The monoisotopic (exact) mass is 434 g/mol. The molecular formula is C23H22N4OS2. The molecule has 1 atom stereocenters. The van der Waals surface area contributed by atoms with Crippen molar-refractivity contribution in [2.45, 2.75) is 26.8 Å². The first-order chi connectivity index (χ1) is 14.5. The third-order valence-corrected chi connectivity index (χ3v) is 6.46. The molecule has 3 aromatic heterocycles. The van der Waals surface area contributed by atoms with Crippen molar-refractivity contribution < 1.29 is 4.79 Å². The lowest BCUT2D eigenvalue weighted by Gasteiger charge is -2.19. The largest absolute Gasteiger partial charge is 0.342 e. The predicted molar refractivity (Wildman–Crippen MR) is 125 cm³/mol. The molecule has 0 bridgehead atoms. The Balaban J connectivity index is 1.70. The van der Waals surface area contributed by atoms with Gasteiger partial charge in [0.15, 0.2) is 0 Å². The Morgan fingerprint density at radius 1 is 0.967 bits per heavy atom. The second kappa shape index (κ2) is 8.77. The minimum absolute atomic E-state index is 0.119. The molecule has 4 rings (SSSR count). The number of carbonyl (C=O) groups excluding carboxylic acids is 1. The van der Waals surface area contributed by atoms with Crippen molar-refractivity contribution >= 4 is 39.5 Å². The van der Waals surface area contributed by atoms with Gasteiger partial charge in [-0.1, -0.05) is 24.3 Å². The fourth-order valence-corrected chi connectivity index (χ4v) is 5.03. The maximum Gasteiger partial charge on any atom is 0.256 e. The van der Waals surface area contributed by atoms with E-state index in [0.29, 0.717) is 11.5 Å². The van der Waals surface area contributed by atoms with Crippen molar-refractivity contribution in [3.63, 3.8) is 0 Å². The maximum atomic E-state index is 12.8. The second-order valence-electron chi connectivity index (χ2n) is 7.03. The van der Waals surface area contributed by atoms with Crippen LogP contribution >= 0.6 is 22.7 Å². The molecule has 5 nitrogen and oxygen atoms in total. The SMILES string of the molecule is Cc1cc(C)nc(NC(c2cccs2)c2cc(C)sc2NC(=O)c2ccccc2)n1. The summed E-state index contributed by atoms with van der Waals surface area (Å²) in [4.78, 5) is 24.1. The van der Waals surface area contributed by atoms with Gasteiger partial charge in [-0.25, -0.2) is 9.97 Å². The van der Waals surface area contributed by atoms with E-state index in [9.17, 15) is 4.79 Å². The van der Waals surface area contributed by atoms with Crippen molar-refractivity contribution in [1.82, 2.24) is 9.97 Å². The van der Waals surface area contributed by atoms with Gasteiger partial charge in [-0.05, 0) is 56.5 Å². The van der Waals surface area contributed by atoms with Crippen LogP contribution in [0.4, 0.5) is 10.9 Å². The minimum atomic E-state index is -0.165. The Morgan fingerprint density at radius 2 is 1.70 bits per heavy atom. The number of nitrogens with zero attached hydrogens (tertiary/aromatic N) is 2. The number of anilines is 2. The normalized spacial score (nSPS) is 11.8. The molecule has 0 aliphatic carbocycles.